The van der Waals surface area contributed by atoms with E-state index in [-0.39, 0.29) is 0 Å². The second-order valence-electron chi connectivity index (χ2n) is 5.37. The van der Waals surface area contributed by atoms with Crippen molar-refractivity contribution in [2.24, 2.45) is 5.92 Å². The average Bonchev–Trinajstić information content (AvgIpc) is 2.67. The highest BCUT2D eigenvalue weighted by Gasteiger charge is 2.25. The molecule has 4 nitrogen and oxygen atoms in total. The molecular formula is C14H26N4. The van der Waals surface area contributed by atoms with Crippen LogP contribution in [0.25, 0.3) is 0 Å². The zero-order chi connectivity index (χ0) is 13.1. The Hall–Kier alpha value is -1.19. The Kier molecular flexibility index (Phi) is 4.15. The van der Waals surface area contributed by atoms with Gasteiger partial charge in [-0.05, 0) is 32.6 Å². The van der Waals surface area contributed by atoms with Gasteiger partial charge in [-0.25, -0.2) is 4.68 Å². The molecule has 1 aliphatic carbocycles. The summed E-state index contributed by atoms with van der Waals surface area (Å²) in [5, 5.41) is 8.14. The zero-order valence-corrected chi connectivity index (χ0v) is 11.9. The van der Waals surface area contributed by atoms with Crippen LogP contribution in [0.2, 0.25) is 0 Å². The summed E-state index contributed by atoms with van der Waals surface area (Å²) in [6, 6.07) is 0.562. The third kappa shape index (κ3) is 2.47. The van der Waals surface area contributed by atoms with Crippen LogP contribution in [0.3, 0.4) is 0 Å². The maximum Gasteiger partial charge on any atom is 0.148 e. The largest absolute Gasteiger partial charge is 0.394 e. The molecule has 2 unspecified atom stereocenters. The summed E-state index contributed by atoms with van der Waals surface area (Å²) in [7, 11) is 0. The van der Waals surface area contributed by atoms with Gasteiger partial charge in [-0.2, -0.15) is 5.10 Å². The predicted octanol–water partition coefficient (Wildman–Crippen LogP) is 3.17. The predicted molar refractivity (Wildman–Crippen MR) is 76.7 cm³/mol. The number of nitrogens with two attached hydrogens (primary N) is 1. The topological polar surface area (TPSA) is 55.9 Å². The first kappa shape index (κ1) is 13.2. The second-order valence-corrected chi connectivity index (χ2v) is 5.37. The molecule has 0 bridgehead atoms. The Bertz CT molecular complexity index is 397. The van der Waals surface area contributed by atoms with Gasteiger partial charge in [0.05, 0.1) is 11.4 Å². The van der Waals surface area contributed by atoms with Gasteiger partial charge in [0, 0.05) is 12.6 Å². The van der Waals surface area contributed by atoms with E-state index in [9.17, 15) is 0 Å². The van der Waals surface area contributed by atoms with E-state index in [0.29, 0.717) is 6.04 Å². The van der Waals surface area contributed by atoms with Crippen LogP contribution in [0.1, 0.15) is 51.6 Å². The van der Waals surface area contributed by atoms with E-state index in [0.717, 1.165) is 29.7 Å². The molecule has 1 heterocycles. The summed E-state index contributed by atoms with van der Waals surface area (Å²) >= 11 is 0. The smallest absolute Gasteiger partial charge is 0.148 e. The van der Waals surface area contributed by atoms with Gasteiger partial charge in [0.15, 0.2) is 0 Å². The number of nitrogens with one attached hydrogen (secondary N) is 1. The molecule has 1 aromatic heterocycles. The molecule has 4 heteroatoms. The minimum Gasteiger partial charge on any atom is -0.394 e. The van der Waals surface area contributed by atoms with Crippen LogP contribution in [0.4, 0.5) is 11.5 Å². The molecule has 1 saturated carbocycles. The Balaban J connectivity index is 2.17. The minimum atomic E-state index is 0.562. The third-order valence-corrected chi connectivity index (χ3v) is 4.23. The van der Waals surface area contributed by atoms with Crippen molar-refractivity contribution in [1.29, 1.82) is 0 Å². The molecule has 3 N–H and O–H groups in total. The fourth-order valence-electron chi connectivity index (χ4n) is 3.04. The molecule has 18 heavy (non-hydrogen) atoms. The lowest BCUT2D eigenvalue weighted by Crippen LogP contribution is -2.33. The van der Waals surface area contributed by atoms with E-state index in [2.05, 4.69) is 24.3 Å². The van der Waals surface area contributed by atoms with Crippen LogP contribution < -0.4 is 11.1 Å². The number of aromatic nitrogens is 2. The fourth-order valence-corrected chi connectivity index (χ4v) is 3.04. The number of nitrogens with zero attached hydrogens (tertiary/aromatic N) is 2. The van der Waals surface area contributed by atoms with Gasteiger partial charge in [-0.3, -0.25) is 0 Å². The van der Waals surface area contributed by atoms with Gasteiger partial charge in [0.1, 0.15) is 5.82 Å². The SMILES string of the molecule is CCC1CCCCC1Nc1c(N)c(C)nn1CC. The van der Waals surface area contributed by atoms with E-state index in [1.54, 1.807) is 0 Å². The molecule has 0 amide bonds. The first-order valence-corrected chi connectivity index (χ1v) is 7.26. The summed E-state index contributed by atoms with van der Waals surface area (Å²) in [5.41, 5.74) is 7.89. The lowest BCUT2D eigenvalue weighted by Gasteiger charge is -2.32. The van der Waals surface area contributed by atoms with Crippen LogP contribution in [-0.4, -0.2) is 15.8 Å². The van der Waals surface area contributed by atoms with Gasteiger partial charge in [-0.15, -0.1) is 0 Å². The summed E-state index contributed by atoms with van der Waals surface area (Å²) < 4.78 is 1.99. The molecule has 0 aromatic carbocycles. The van der Waals surface area contributed by atoms with Crippen LogP contribution in [0.15, 0.2) is 0 Å². The second kappa shape index (κ2) is 5.63. The highest BCUT2D eigenvalue weighted by Crippen LogP contribution is 2.31. The summed E-state index contributed by atoms with van der Waals surface area (Å²) in [4.78, 5) is 0. The molecule has 102 valence electrons. The number of hydrogen-bond donors (Lipinski definition) is 2. The minimum absolute atomic E-state index is 0.562. The molecule has 0 spiro atoms. The summed E-state index contributed by atoms with van der Waals surface area (Å²) in [6.07, 6.45) is 6.54. The molecule has 1 fully saturated rings. The summed E-state index contributed by atoms with van der Waals surface area (Å²) in [5.74, 6) is 1.80. The van der Waals surface area contributed by atoms with Gasteiger partial charge in [-0.1, -0.05) is 26.2 Å². The van der Waals surface area contributed by atoms with Gasteiger partial charge in [0.25, 0.3) is 0 Å². The molecule has 2 rings (SSSR count). The molecule has 0 radical (unpaired) electrons. The van der Waals surface area contributed by atoms with Crippen molar-refractivity contribution in [1.82, 2.24) is 9.78 Å². The van der Waals surface area contributed by atoms with Crippen molar-refractivity contribution in [3.8, 4) is 0 Å². The van der Waals surface area contributed by atoms with Crippen molar-refractivity contribution in [3.63, 3.8) is 0 Å². The first-order chi connectivity index (χ1) is 8.67. The first-order valence-electron chi connectivity index (χ1n) is 7.26. The van der Waals surface area contributed by atoms with Crippen molar-refractivity contribution >= 4 is 11.5 Å². The van der Waals surface area contributed by atoms with Crippen molar-refractivity contribution in [2.75, 3.05) is 11.1 Å². The van der Waals surface area contributed by atoms with E-state index < -0.39 is 0 Å². The van der Waals surface area contributed by atoms with Crippen LogP contribution >= 0.6 is 0 Å². The Morgan fingerprint density at radius 1 is 1.33 bits per heavy atom. The number of nitrogen functional groups attached to an aromatic ring is 1. The highest BCUT2D eigenvalue weighted by atomic mass is 15.3. The maximum atomic E-state index is 6.14. The van der Waals surface area contributed by atoms with Crippen molar-refractivity contribution in [3.05, 3.63) is 5.69 Å². The molecule has 0 aliphatic heterocycles. The Labute approximate surface area is 110 Å². The summed E-state index contributed by atoms with van der Waals surface area (Å²) in [6.45, 7) is 7.24. The number of aryl methyl sites for hydroxylation is 2. The Morgan fingerprint density at radius 3 is 2.72 bits per heavy atom. The maximum absolute atomic E-state index is 6.14. The fraction of sp³-hybridized carbons (Fsp3) is 0.786. The zero-order valence-electron chi connectivity index (χ0n) is 11.9. The van der Waals surface area contributed by atoms with Crippen LogP contribution in [0.5, 0.6) is 0 Å². The van der Waals surface area contributed by atoms with Gasteiger partial charge in [0.2, 0.25) is 0 Å². The van der Waals surface area contributed by atoms with Crippen LogP contribution in [0, 0.1) is 12.8 Å². The number of anilines is 2. The van der Waals surface area contributed by atoms with Crippen LogP contribution in [-0.2, 0) is 6.54 Å². The van der Waals surface area contributed by atoms with E-state index in [1.807, 2.05) is 11.6 Å². The van der Waals surface area contributed by atoms with Crippen molar-refractivity contribution < 1.29 is 0 Å². The lowest BCUT2D eigenvalue weighted by molar-refractivity contribution is 0.316. The average molecular weight is 250 g/mol. The number of rotatable bonds is 4. The molecule has 1 aromatic rings. The molecule has 2 atom stereocenters. The van der Waals surface area contributed by atoms with E-state index >= 15 is 0 Å². The Morgan fingerprint density at radius 2 is 2.06 bits per heavy atom. The number of hydrogen-bond acceptors (Lipinski definition) is 3. The quantitative estimate of drug-likeness (QED) is 0.863. The third-order valence-electron chi connectivity index (χ3n) is 4.23. The molecule has 0 saturated heterocycles. The molecular weight excluding hydrogens is 224 g/mol. The lowest BCUT2D eigenvalue weighted by atomic mass is 9.83. The van der Waals surface area contributed by atoms with E-state index in [4.69, 9.17) is 5.73 Å². The highest BCUT2D eigenvalue weighted by molar-refractivity contribution is 5.65. The standard InChI is InChI=1S/C14H26N4/c1-4-11-8-6-7-9-12(11)16-14-13(15)10(3)17-18(14)5-2/h11-12,16H,4-9,15H2,1-3H3. The van der Waals surface area contributed by atoms with Gasteiger partial charge >= 0.3 is 0 Å². The van der Waals surface area contributed by atoms with E-state index in [1.165, 1.54) is 32.1 Å². The van der Waals surface area contributed by atoms with Crippen molar-refractivity contribution in [2.45, 2.75) is 65.5 Å². The molecule has 1 aliphatic rings. The van der Waals surface area contributed by atoms with Gasteiger partial charge < -0.3 is 11.1 Å². The monoisotopic (exact) mass is 250 g/mol. The normalized spacial score (nSPS) is 24.2.